The first-order valence-electron chi connectivity index (χ1n) is 4.41. The zero-order valence-corrected chi connectivity index (χ0v) is 9.20. The molecule has 13 heavy (non-hydrogen) atoms. The summed E-state index contributed by atoms with van der Waals surface area (Å²) in [4.78, 5) is 0. The molecule has 0 radical (unpaired) electrons. The maximum Gasteiger partial charge on any atom is 0.0444 e. The molecule has 0 saturated heterocycles. The molecule has 1 aromatic carbocycles. The van der Waals surface area contributed by atoms with Crippen molar-refractivity contribution in [2.24, 2.45) is 0 Å². The Bertz CT molecular complexity index is 337. The Labute approximate surface area is 85.2 Å². The minimum Gasteiger partial charge on any atom is -0.0998 e. The van der Waals surface area contributed by atoms with E-state index in [9.17, 15) is 0 Å². The van der Waals surface area contributed by atoms with E-state index in [-0.39, 0.29) is 0 Å². The van der Waals surface area contributed by atoms with Gasteiger partial charge in [0.05, 0.1) is 0 Å². The number of halogens is 1. The van der Waals surface area contributed by atoms with E-state index in [1.165, 1.54) is 16.7 Å². The molecule has 0 aromatic heterocycles. The minimum absolute atomic E-state index is 0.853. The van der Waals surface area contributed by atoms with Crippen LogP contribution in [0.3, 0.4) is 0 Å². The summed E-state index contributed by atoms with van der Waals surface area (Å²) in [6.45, 7) is 10.1. The van der Waals surface area contributed by atoms with Crippen molar-refractivity contribution >= 4 is 11.6 Å². The van der Waals surface area contributed by atoms with Gasteiger partial charge >= 0.3 is 0 Å². The van der Waals surface area contributed by atoms with E-state index in [1.807, 2.05) is 13.0 Å². The third-order valence-corrected chi connectivity index (χ3v) is 2.64. The molecule has 1 rings (SSSR count). The second-order valence-electron chi connectivity index (χ2n) is 3.60. The first-order chi connectivity index (χ1) is 6.02. The molecule has 1 aromatic rings. The van der Waals surface area contributed by atoms with Gasteiger partial charge in [-0.15, -0.1) is 0 Å². The van der Waals surface area contributed by atoms with Crippen LogP contribution in [0, 0.1) is 13.8 Å². The highest BCUT2D eigenvalue weighted by atomic mass is 35.5. The predicted octanol–water partition coefficient (Wildman–Crippen LogP) is 4.08. The van der Waals surface area contributed by atoms with Gasteiger partial charge in [-0.2, -0.15) is 0 Å². The smallest absolute Gasteiger partial charge is 0.0444 e. The summed E-state index contributed by atoms with van der Waals surface area (Å²) in [5.41, 5.74) is 4.95. The molecule has 70 valence electrons. The van der Waals surface area contributed by atoms with E-state index in [0.717, 1.165) is 17.0 Å². The maximum absolute atomic E-state index is 6.10. The fourth-order valence-electron chi connectivity index (χ4n) is 1.36. The highest BCUT2D eigenvalue weighted by Gasteiger charge is 2.05. The first kappa shape index (κ1) is 10.3. The van der Waals surface area contributed by atoms with Crippen LogP contribution in [0.5, 0.6) is 0 Å². The molecule has 0 aliphatic carbocycles. The summed E-state index contributed by atoms with van der Waals surface area (Å²) in [6.07, 6.45) is 0.881. The van der Waals surface area contributed by atoms with Crippen molar-refractivity contribution in [2.75, 3.05) is 0 Å². The van der Waals surface area contributed by atoms with Crippen LogP contribution in [0.2, 0.25) is 5.02 Å². The molecule has 0 unspecified atom stereocenters. The van der Waals surface area contributed by atoms with Crippen LogP contribution in [0.25, 0.3) is 0 Å². The van der Waals surface area contributed by atoms with E-state index in [2.05, 4.69) is 26.5 Å². The lowest BCUT2D eigenvalue weighted by Gasteiger charge is -2.10. The van der Waals surface area contributed by atoms with E-state index < -0.39 is 0 Å². The molecule has 0 nitrogen and oxygen atoms in total. The molecule has 1 heteroatoms. The van der Waals surface area contributed by atoms with Crippen LogP contribution in [0.4, 0.5) is 0 Å². The summed E-state index contributed by atoms with van der Waals surface area (Å²) in [6, 6.07) is 4.02. The van der Waals surface area contributed by atoms with E-state index in [1.54, 1.807) is 0 Å². The van der Waals surface area contributed by atoms with Crippen LogP contribution in [0.15, 0.2) is 24.3 Å². The summed E-state index contributed by atoms with van der Waals surface area (Å²) in [7, 11) is 0. The van der Waals surface area contributed by atoms with E-state index in [0.29, 0.717) is 0 Å². The van der Waals surface area contributed by atoms with Crippen molar-refractivity contribution in [1.82, 2.24) is 0 Å². The van der Waals surface area contributed by atoms with Gasteiger partial charge in [0.2, 0.25) is 0 Å². The van der Waals surface area contributed by atoms with Crippen LogP contribution in [0.1, 0.15) is 23.6 Å². The van der Waals surface area contributed by atoms with Crippen molar-refractivity contribution in [1.29, 1.82) is 0 Å². The normalized spacial score (nSPS) is 10.2. The molecule has 0 fully saturated rings. The summed E-state index contributed by atoms with van der Waals surface area (Å²) in [5.74, 6) is 0. The molecule has 0 amide bonds. The van der Waals surface area contributed by atoms with Crippen molar-refractivity contribution in [3.63, 3.8) is 0 Å². The second kappa shape index (κ2) is 3.97. The van der Waals surface area contributed by atoms with Crippen molar-refractivity contribution in [2.45, 2.75) is 27.2 Å². The standard InChI is InChI=1S/C12H15Cl/c1-8(2)7-11-10(4)9(3)5-6-12(11)13/h5-6H,1,7H2,2-4H3. The molecular formula is C12H15Cl. The Morgan fingerprint density at radius 1 is 1.38 bits per heavy atom. The Hall–Kier alpha value is -0.750. The average molecular weight is 195 g/mol. The van der Waals surface area contributed by atoms with Crippen LogP contribution >= 0.6 is 11.6 Å². The van der Waals surface area contributed by atoms with Crippen LogP contribution in [-0.4, -0.2) is 0 Å². The van der Waals surface area contributed by atoms with Crippen LogP contribution < -0.4 is 0 Å². The first-order valence-corrected chi connectivity index (χ1v) is 4.79. The third kappa shape index (κ3) is 2.35. The number of hydrogen-bond acceptors (Lipinski definition) is 0. The number of aryl methyl sites for hydroxylation is 1. The van der Waals surface area contributed by atoms with Gasteiger partial charge in [-0.05, 0) is 49.9 Å². The summed E-state index contributed by atoms with van der Waals surface area (Å²) in [5, 5.41) is 0.853. The Morgan fingerprint density at radius 3 is 2.54 bits per heavy atom. The second-order valence-corrected chi connectivity index (χ2v) is 4.01. The largest absolute Gasteiger partial charge is 0.0998 e. The van der Waals surface area contributed by atoms with E-state index in [4.69, 9.17) is 11.6 Å². The van der Waals surface area contributed by atoms with Gasteiger partial charge in [0, 0.05) is 5.02 Å². The molecule has 0 aliphatic heterocycles. The molecule has 0 bridgehead atoms. The lowest BCUT2D eigenvalue weighted by molar-refractivity contribution is 1.11. The molecular weight excluding hydrogens is 180 g/mol. The number of rotatable bonds is 2. The molecule has 0 atom stereocenters. The third-order valence-electron chi connectivity index (χ3n) is 2.29. The van der Waals surface area contributed by atoms with Gasteiger partial charge in [-0.25, -0.2) is 0 Å². The topological polar surface area (TPSA) is 0 Å². The lowest BCUT2D eigenvalue weighted by Crippen LogP contribution is -1.94. The fraction of sp³-hybridized carbons (Fsp3) is 0.333. The zero-order chi connectivity index (χ0) is 10.0. The fourth-order valence-corrected chi connectivity index (χ4v) is 1.63. The molecule has 0 spiro atoms. The number of hydrogen-bond donors (Lipinski definition) is 0. The Kier molecular flexibility index (Phi) is 3.16. The summed E-state index contributed by atoms with van der Waals surface area (Å²) < 4.78 is 0. The maximum atomic E-state index is 6.10. The highest BCUT2D eigenvalue weighted by Crippen LogP contribution is 2.24. The predicted molar refractivity (Wildman–Crippen MR) is 59.4 cm³/mol. The van der Waals surface area contributed by atoms with Gasteiger partial charge in [0.25, 0.3) is 0 Å². The van der Waals surface area contributed by atoms with Gasteiger partial charge in [-0.3, -0.25) is 0 Å². The zero-order valence-electron chi connectivity index (χ0n) is 8.45. The van der Waals surface area contributed by atoms with Crippen molar-refractivity contribution < 1.29 is 0 Å². The van der Waals surface area contributed by atoms with Crippen LogP contribution in [-0.2, 0) is 6.42 Å². The monoisotopic (exact) mass is 194 g/mol. The van der Waals surface area contributed by atoms with Gasteiger partial charge in [0.1, 0.15) is 0 Å². The molecule has 0 saturated carbocycles. The summed E-state index contributed by atoms with van der Waals surface area (Å²) >= 11 is 6.10. The van der Waals surface area contributed by atoms with Gasteiger partial charge in [-0.1, -0.05) is 29.8 Å². The highest BCUT2D eigenvalue weighted by molar-refractivity contribution is 6.31. The molecule has 0 heterocycles. The SMILES string of the molecule is C=C(C)Cc1c(Cl)ccc(C)c1C. The number of benzene rings is 1. The Balaban J connectivity index is 3.17. The van der Waals surface area contributed by atoms with Crippen molar-refractivity contribution in [3.8, 4) is 0 Å². The number of allylic oxidation sites excluding steroid dienone is 1. The van der Waals surface area contributed by atoms with E-state index >= 15 is 0 Å². The molecule has 0 N–H and O–H groups in total. The van der Waals surface area contributed by atoms with Gasteiger partial charge < -0.3 is 0 Å². The lowest BCUT2D eigenvalue weighted by atomic mass is 9.98. The van der Waals surface area contributed by atoms with Gasteiger partial charge in [0.15, 0.2) is 0 Å². The average Bonchev–Trinajstić information content (AvgIpc) is 2.05. The molecule has 0 aliphatic rings. The quantitative estimate of drug-likeness (QED) is 0.623. The minimum atomic E-state index is 0.853. The Morgan fingerprint density at radius 2 is 2.00 bits per heavy atom. The van der Waals surface area contributed by atoms with Crippen molar-refractivity contribution in [3.05, 3.63) is 46.0 Å².